The minimum atomic E-state index is -0.589. The highest BCUT2D eigenvalue weighted by molar-refractivity contribution is 5.83. The Balaban J connectivity index is 1.67. The summed E-state index contributed by atoms with van der Waals surface area (Å²) in [5.41, 5.74) is 4.48. The van der Waals surface area contributed by atoms with E-state index in [9.17, 15) is 15.2 Å². The van der Waals surface area contributed by atoms with Gasteiger partial charge in [0.1, 0.15) is 11.4 Å². The van der Waals surface area contributed by atoms with Crippen molar-refractivity contribution < 1.29 is 19.5 Å². The molecule has 8 heteroatoms. The van der Waals surface area contributed by atoms with E-state index in [0.29, 0.717) is 12.2 Å². The predicted molar refractivity (Wildman–Crippen MR) is 130 cm³/mol. The molecule has 0 saturated carbocycles. The number of fused-ring (bicyclic) bond motifs is 2. The quantitative estimate of drug-likeness (QED) is 0.411. The molecule has 0 aromatic heterocycles. The van der Waals surface area contributed by atoms with Gasteiger partial charge in [-0.2, -0.15) is 0 Å². The van der Waals surface area contributed by atoms with Crippen molar-refractivity contribution in [1.29, 1.82) is 0 Å². The largest absolute Gasteiger partial charge is 0.456 e. The van der Waals surface area contributed by atoms with Crippen LogP contribution in [0, 0.1) is 10.1 Å². The molecule has 0 aliphatic carbocycles. The monoisotopic (exact) mass is 461 g/mol. The Labute approximate surface area is 198 Å². The van der Waals surface area contributed by atoms with Crippen molar-refractivity contribution >= 4 is 17.1 Å². The van der Waals surface area contributed by atoms with E-state index < -0.39 is 11.0 Å². The third-order valence-corrected chi connectivity index (χ3v) is 6.22. The highest BCUT2D eigenvalue weighted by Crippen LogP contribution is 2.49. The molecule has 176 valence electrons. The highest BCUT2D eigenvalue weighted by Gasteiger charge is 2.31. The van der Waals surface area contributed by atoms with Gasteiger partial charge >= 0.3 is 0 Å². The molecule has 2 aliphatic heterocycles. The van der Waals surface area contributed by atoms with Gasteiger partial charge in [0, 0.05) is 42.8 Å². The summed E-state index contributed by atoms with van der Waals surface area (Å²) in [4.78, 5) is 10.8. The summed E-state index contributed by atoms with van der Waals surface area (Å²) in [7, 11) is 0. The number of rotatable bonds is 6. The third kappa shape index (κ3) is 4.12. The maximum Gasteiger partial charge on any atom is 0.269 e. The van der Waals surface area contributed by atoms with E-state index in [1.54, 1.807) is 19.1 Å². The first-order chi connectivity index (χ1) is 16.5. The highest BCUT2D eigenvalue weighted by atomic mass is 16.7. The minimum absolute atomic E-state index is 0.0361. The second kappa shape index (κ2) is 9.23. The Kier molecular flexibility index (Phi) is 5.98. The SMILES string of the molecule is C[C@H](O)Cc1c2c(-c3ccc([N+](=O)[O-])cc3)cc(N3CCCCN3c3ccccc3)c1OCO2. The van der Waals surface area contributed by atoms with Crippen LogP contribution in [-0.2, 0) is 6.42 Å². The van der Waals surface area contributed by atoms with Crippen LogP contribution in [0.4, 0.5) is 17.1 Å². The van der Waals surface area contributed by atoms with Gasteiger partial charge in [-0.3, -0.25) is 20.1 Å². The van der Waals surface area contributed by atoms with E-state index in [1.807, 2.05) is 24.3 Å². The zero-order valence-corrected chi connectivity index (χ0v) is 19.0. The summed E-state index contributed by atoms with van der Waals surface area (Å²) in [5, 5.41) is 25.9. The van der Waals surface area contributed by atoms with Crippen molar-refractivity contribution in [2.45, 2.75) is 32.3 Å². The fourth-order valence-corrected chi connectivity index (χ4v) is 4.69. The Morgan fingerprint density at radius 3 is 2.35 bits per heavy atom. The van der Waals surface area contributed by atoms with E-state index in [0.717, 1.165) is 59.7 Å². The van der Waals surface area contributed by atoms with Crippen molar-refractivity contribution in [3.63, 3.8) is 0 Å². The average molecular weight is 462 g/mol. The number of hydrazine groups is 1. The molecule has 2 aliphatic rings. The minimum Gasteiger partial charge on any atom is -0.456 e. The number of benzene rings is 3. The van der Waals surface area contributed by atoms with Crippen LogP contribution in [-0.4, -0.2) is 36.0 Å². The lowest BCUT2D eigenvalue weighted by Gasteiger charge is -2.43. The molecule has 2 heterocycles. The molecular weight excluding hydrogens is 434 g/mol. The number of nitro benzene ring substituents is 1. The molecule has 8 nitrogen and oxygen atoms in total. The topological polar surface area (TPSA) is 88.3 Å². The van der Waals surface area contributed by atoms with Gasteiger partial charge in [0.2, 0.25) is 6.79 Å². The third-order valence-electron chi connectivity index (χ3n) is 6.22. The van der Waals surface area contributed by atoms with E-state index in [-0.39, 0.29) is 12.5 Å². The Morgan fingerprint density at radius 1 is 1.00 bits per heavy atom. The zero-order valence-electron chi connectivity index (χ0n) is 19.0. The number of anilines is 2. The average Bonchev–Trinajstić information content (AvgIpc) is 2.85. The maximum atomic E-state index is 11.2. The summed E-state index contributed by atoms with van der Waals surface area (Å²) >= 11 is 0. The first-order valence-electron chi connectivity index (χ1n) is 11.5. The van der Waals surface area contributed by atoms with Gasteiger partial charge in [-0.1, -0.05) is 18.2 Å². The van der Waals surface area contributed by atoms with Gasteiger partial charge in [0.25, 0.3) is 5.69 Å². The number of hydrogen-bond donors (Lipinski definition) is 1. The van der Waals surface area contributed by atoms with E-state index in [1.165, 1.54) is 12.1 Å². The van der Waals surface area contributed by atoms with Gasteiger partial charge in [-0.15, -0.1) is 0 Å². The van der Waals surface area contributed by atoms with Crippen molar-refractivity contribution in [1.82, 2.24) is 0 Å². The molecule has 1 fully saturated rings. The van der Waals surface area contributed by atoms with Crippen molar-refractivity contribution in [3.05, 3.63) is 76.3 Å². The van der Waals surface area contributed by atoms with Gasteiger partial charge in [0.05, 0.1) is 16.7 Å². The van der Waals surface area contributed by atoms with Gasteiger partial charge in [-0.05, 0) is 55.7 Å². The fraction of sp³-hybridized carbons (Fsp3) is 0.308. The van der Waals surface area contributed by atoms with Crippen LogP contribution in [0.1, 0.15) is 25.3 Å². The lowest BCUT2D eigenvalue weighted by molar-refractivity contribution is -0.384. The Hall–Kier alpha value is -3.78. The summed E-state index contributed by atoms with van der Waals surface area (Å²) in [5.74, 6) is 1.37. The molecule has 2 bridgehead atoms. The van der Waals surface area contributed by atoms with Crippen LogP contribution in [0.25, 0.3) is 11.1 Å². The number of ether oxygens (including phenoxy) is 2. The molecule has 1 saturated heterocycles. The molecule has 3 aromatic rings. The molecule has 0 unspecified atom stereocenters. The molecule has 5 rings (SSSR count). The lowest BCUT2D eigenvalue weighted by Crippen LogP contribution is -2.48. The summed E-state index contributed by atoms with van der Waals surface area (Å²) in [6.07, 6.45) is 1.91. The fourth-order valence-electron chi connectivity index (χ4n) is 4.69. The number of para-hydroxylation sites is 1. The standard InChI is InChI=1S/C26H27N3O5/c1-18(30)15-23-25-22(19-9-11-21(12-10-19)29(31)32)16-24(26(23)34-17-33-25)28-14-6-5-13-27(28)20-7-3-2-4-8-20/h2-4,7-12,16,18,30H,5-6,13-15,17H2,1H3/t18-/m0/s1. The molecule has 1 N–H and O–H groups in total. The Morgan fingerprint density at radius 2 is 1.68 bits per heavy atom. The smallest absolute Gasteiger partial charge is 0.269 e. The van der Waals surface area contributed by atoms with Crippen molar-refractivity contribution in [2.24, 2.45) is 0 Å². The molecule has 0 amide bonds. The molecule has 0 radical (unpaired) electrons. The van der Waals surface area contributed by atoms with Crippen LogP contribution in [0.2, 0.25) is 0 Å². The van der Waals surface area contributed by atoms with E-state index in [4.69, 9.17) is 9.47 Å². The second-order valence-electron chi connectivity index (χ2n) is 8.63. The lowest BCUT2D eigenvalue weighted by atomic mass is 9.95. The number of aliphatic hydroxyl groups is 1. The van der Waals surface area contributed by atoms with Crippen LogP contribution in [0.5, 0.6) is 11.5 Å². The van der Waals surface area contributed by atoms with Crippen LogP contribution in [0.3, 0.4) is 0 Å². The molecule has 3 aromatic carbocycles. The van der Waals surface area contributed by atoms with Crippen LogP contribution in [0.15, 0.2) is 60.7 Å². The van der Waals surface area contributed by atoms with Crippen LogP contribution < -0.4 is 19.5 Å². The van der Waals surface area contributed by atoms with E-state index in [2.05, 4.69) is 22.2 Å². The number of nitrogens with zero attached hydrogens (tertiary/aromatic N) is 3. The number of nitro groups is 1. The van der Waals surface area contributed by atoms with Crippen LogP contribution >= 0.6 is 0 Å². The Bertz CT molecular complexity index is 1180. The second-order valence-corrected chi connectivity index (χ2v) is 8.63. The predicted octanol–water partition coefficient (Wildman–Crippen LogP) is 4.94. The molecule has 1 atom stereocenters. The normalized spacial score (nSPS) is 15.9. The number of hydrogen-bond acceptors (Lipinski definition) is 7. The van der Waals surface area contributed by atoms with Crippen molar-refractivity contribution in [3.8, 4) is 22.6 Å². The first kappa shape index (κ1) is 22.0. The summed E-state index contributed by atoms with van der Waals surface area (Å²) < 4.78 is 12.0. The molecular formula is C26H27N3O5. The van der Waals surface area contributed by atoms with E-state index >= 15 is 0 Å². The first-order valence-corrected chi connectivity index (χ1v) is 11.5. The zero-order chi connectivity index (χ0) is 23.7. The summed E-state index contributed by atoms with van der Waals surface area (Å²) in [6, 6.07) is 18.8. The summed E-state index contributed by atoms with van der Waals surface area (Å²) in [6.45, 7) is 3.51. The van der Waals surface area contributed by atoms with Crippen molar-refractivity contribution in [2.75, 3.05) is 29.9 Å². The molecule has 34 heavy (non-hydrogen) atoms. The number of non-ortho nitro benzene ring substituents is 1. The molecule has 0 spiro atoms. The van der Waals surface area contributed by atoms with Gasteiger partial charge < -0.3 is 14.6 Å². The van der Waals surface area contributed by atoms with Gasteiger partial charge in [0.15, 0.2) is 5.75 Å². The number of aliphatic hydroxyl groups excluding tert-OH is 1. The van der Waals surface area contributed by atoms with Gasteiger partial charge in [-0.25, -0.2) is 0 Å². The maximum absolute atomic E-state index is 11.2.